The van der Waals surface area contributed by atoms with Gasteiger partial charge in [-0.1, -0.05) is 66.7 Å². The number of hydrogen-bond donors (Lipinski definition) is 1. The first kappa shape index (κ1) is 15.1. The quantitative estimate of drug-likeness (QED) is 0.735. The molecule has 0 aliphatic rings. The Morgan fingerprint density at radius 1 is 0.870 bits per heavy atom. The minimum absolute atomic E-state index is 0.131. The van der Waals surface area contributed by atoms with Crippen molar-refractivity contribution < 1.29 is 9.90 Å². The SMILES string of the molecule is O=C(c1ccccc1)C(O)(Cc1ccccn1)c1ccccc1. The molecule has 0 aliphatic heterocycles. The first-order valence-corrected chi connectivity index (χ1v) is 7.48. The Kier molecular flexibility index (Phi) is 4.31. The van der Waals surface area contributed by atoms with Crippen molar-refractivity contribution in [2.45, 2.75) is 12.0 Å². The Morgan fingerprint density at radius 3 is 2.09 bits per heavy atom. The smallest absolute Gasteiger partial charge is 0.199 e. The molecule has 3 nitrogen and oxygen atoms in total. The van der Waals surface area contributed by atoms with Crippen LogP contribution in [0.5, 0.6) is 0 Å². The molecule has 23 heavy (non-hydrogen) atoms. The van der Waals surface area contributed by atoms with Crippen molar-refractivity contribution in [2.24, 2.45) is 0 Å². The molecule has 1 N–H and O–H groups in total. The fraction of sp³-hybridized carbons (Fsp3) is 0.100. The van der Waals surface area contributed by atoms with Gasteiger partial charge in [-0.05, 0) is 17.7 Å². The van der Waals surface area contributed by atoms with Crippen molar-refractivity contribution in [1.82, 2.24) is 4.98 Å². The third-order valence-corrected chi connectivity index (χ3v) is 3.83. The van der Waals surface area contributed by atoms with Crippen molar-refractivity contribution in [3.63, 3.8) is 0 Å². The summed E-state index contributed by atoms with van der Waals surface area (Å²) in [6, 6.07) is 23.4. The molecule has 0 radical (unpaired) electrons. The van der Waals surface area contributed by atoms with Gasteiger partial charge in [0.15, 0.2) is 11.4 Å². The van der Waals surface area contributed by atoms with Crippen LogP contribution in [0.1, 0.15) is 21.6 Å². The van der Waals surface area contributed by atoms with Crippen molar-refractivity contribution in [1.29, 1.82) is 0 Å². The van der Waals surface area contributed by atoms with Gasteiger partial charge >= 0.3 is 0 Å². The number of rotatable bonds is 5. The van der Waals surface area contributed by atoms with Crippen LogP contribution in [0.25, 0.3) is 0 Å². The van der Waals surface area contributed by atoms with Crippen LogP contribution in [0.2, 0.25) is 0 Å². The summed E-state index contributed by atoms with van der Waals surface area (Å²) < 4.78 is 0. The largest absolute Gasteiger partial charge is 0.376 e. The van der Waals surface area contributed by atoms with Gasteiger partial charge in [0, 0.05) is 23.9 Å². The molecule has 0 fully saturated rings. The molecule has 0 saturated heterocycles. The second kappa shape index (κ2) is 6.55. The summed E-state index contributed by atoms with van der Waals surface area (Å²) in [6.45, 7) is 0. The lowest BCUT2D eigenvalue weighted by atomic mass is 9.82. The van der Waals surface area contributed by atoms with Crippen molar-refractivity contribution in [3.05, 3.63) is 102 Å². The van der Waals surface area contributed by atoms with E-state index in [9.17, 15) is 9.90 Å². The van der Waals surface area contributed by atoms with Crippen LogP contribution in [0, 0.1) is 0 Å². The van der Waals surface area contributed by atoms with Crippen LogP contribution >= 0.6 is 0 Å². The predicted octanol–water partition coefficient (Wildman–Crippen LogP) is 3.39. The summed E-state index contributed by atoms with van der Waals surface area (Å²) >= 11 is 0. The van der Waals surface area contributed by atoms with E-state index in [1.807, 2.05) is 42.5 Å². The number of aliphatic hydroxyl groups is 1. The molecule has 0 amide bonds. The summed E-state index contributed by atoms with van der Waals surface area (Å²) in [6.07, 6.45) is 1.79. The maximum absolute atomic E-state index is 13.0. The zero-order chi connectivity index (χ0) is 16.1. The van der Waals surface area contributed by atoms with E-state index >= 15 is 0 Å². The molecule has 3 heteroatoms. The maximum Gasteiger partial charge on any atom is 0.199 e. The van der Waals surface area contributed by atoms with Gasteiger partial charge in [0.2, 0.25) is 0 Å². The number of Topliss-reactive ketones (excluding diaryl/α,β-unsaturated/α-hetero) is 1. The number of aromatic nitrogens is 1. The fourth-order valence-electron chi connectivity index (χ4n) is 2.62. The minimum Gasteiger partial charge on any atom is -0.376 e. The highest BCUT2D eigenvalue weighted by Gasteiger charge is 2.38. The lowest BCUT2D eigenvalue weighted by molar-refractivity contribution is 0.0294. The molecule has 1 unspecified atom stereocenters. The summed E-state index contributed by atoms with van der Waals surface area (Å²) in [7, 11) is 0. The third-order valence-electron chi connectivity index (χ3n) is 3.83. The van der Waals surface area contributed by atoms with E-state index < -0.39 is 5.60 Å². The molecule has 0 aliphatic carbocycles. The van der Waals surface area contributed by atoms with Crippen LogP contribution in [0.3, 0.4) is 0 Å². The molecule has 0 bridgehead atoms. The van der Waals surface area contributed by atoms with Crippen LogP contribution in [0.4, 0.5) is 0 Å². The van der Waals surface area contributed by atoms with E-state index in [0.29, 0.717) is 16.8 Å². The van der Waals surface area contributed by atoms with E-state index in [0.717, 1.165) is 0 Å². The zero-order valence-corrected chi connectivity index (χ0v) is 12.6. The fourth-order valence-corrected chi connectivity index (χ4v) is 2.62. The molecule has 0 saturated carbocycles. The van der Waals surface area contributed by atoms with E-state index in [4.69, 9.17) is 0 Å². The Morgan fingerprint density at radius 2 is 1.48 bits per heavy atom. The molecule has 114 valence electrons. The normalized spacial score (nSPS) is 13.3. The molecule has 1 aromatic heterocycles. The molecule has 0 spiro atoms. The number of pyridine rings is 1. The number of benzene rings is 2. The molecule has 1 heterocycles. The highest BCUT2D eigenvalue weighted by atomic mass is 16.3. The highest BCUT2D eigenvalue weighted by Crippen LogP contribution is 2.29. The van der Waals surface area contributed by atoms with Gasteiger partial charge in [-0.25, -0.2) is 0 Å². The molecule has 2 aromatic carbocycles. The monoisotopic (exact) mass is 303 g/mol. The molecule has 3 rings (SSSR count). The third kappa shape index (κ3) is 3.20. The summed E-state index contributed by atoms with van der Waals surface area (Å²) in [5.74, 6) is -0.324. The first-order chi connectivity index (χ1) is 11.2. The van der Waals surface area contributed by atoms with E-state index in [2.05, 4.69) is 4.98 Å². The lowest BCUT2D eigenvalue weighted by Crippen LogP contribution is -2.38. The number of nitrogens with zero attached hydrogens (tertiary/aromatic N) is 1. The van der Waals surface area contributed by atoms with Gasteiger partial charge in [-0.3, -0.25) is 9.78 Å². The van der Waals surface area contributed by atoms with Gasteiger partial charge in [0.25, 0.3) is 0 Å². The van der Waals surface area contributed by atoms with E-state index in [1.165, 1.54) is 0 Å². The molecular formula is C20H17NO2. The Labute approximate surface area is 135 Å². The van der Waals surface area contributed by atoms with Crippen molar-refractivity contribution in [3.8, 4) is 0 Å². The second-order valence-corrected chi connectivity index (χ2v) is 5.42. The van der Waals surface area contributed by atoms with Crippen molar-refractivity contribution in [2.75, 3.05) is 0 Å². The molecular weight excluding hydrogens is 286 g/mol. The molecule has 3 aromatic rings. The first-order valence-electron chi connectivity index (χ1n) is 7.48. The van der Waals surface area contributed by atoms with Crippen LogP contribution in [-0.2, 0) is 12.0 Å². The minimum atomic E-state index is -1.64. The average molecular weight is 303 g/mol. The van der Waals surface area contributed by atoms with E-state index in [-0.39, 0.29) is 12.2 Å². The topological polar surface area (TPSA) is 50.2 Å². The van der Waals surface area contributed by atoms with Gasteiger partial charge in [0.05, 0.1) is 0 Å². The Bertz CT molecular complexity index is 773. The van der Waals surface area contributed by atoms with Gasteiger partial charge in [-0.2, -0.15) is 0 Å². The average Bonchev–Trinajstić information content (AvgIpc) is 2.63. The summed E-state index contributed by atoms with van der Waals surface area (Å²) in [4.78, 5) is 17.2. The Balaban J connectivity index is 2.05. The van der Waals surface area contributed by atoms with Crippen LogP contribution in [0.15, 0.2) is 85.1 Å². The predicted molar refractivity (Wildman–Crippen MR) is 89.1 cm³/mol. The number of ketones is 1. The van der Waals surface area contributed by atoms with Crippen LogP contribution < -0.4 is 0 Å². The zero-order valence-electron chi connectivity index (χ0n) is 12.6. The standard InChI is InChI=1S/C20H17NO2/c22-19(16-9-3-1-4-10-16)20(23,17-11-5-2-6-12-17)15-18-13-7-8-14-21-18/h1-14,23H,15H2. The van der Waals surface area contributed by atoms with E-state index in [1.54, 1.807) is 42.6 Å². The number of hydrogen-bond acceptors (Lipinski definition) is 3. The van der Waals surface area contributed by atoms with Gasteiger partial charge < -0.3 is 5.11 Å². The summed E-state index contributed by atoms with van der Waals surface area (Å²) in [5, 5.41) is 11.3. The van der Waals surface area contributed by atoms with Gasteiger partial charge in [0.1, 0.15) is 0 Å². The highest BCUT2D eigenvalue weighted by molar-refractivity contribution is 6.03. The molecule has 1 atom stereocenters. The summed E-state index contributed by atoms with van der Waals surface area (Å²) in [5.41, 5.74) is 0.0779. The number of carbonyl (C=O) groups is 1. The van der Waals surface area contributed by atoms with Gasteiger partial charge in [-0.15, -0.1) is 0 Å². The Hall–Kier alpha value is -2.78. The van der Waals surface area contributed by atoms with Crippen molar-refractivity contribution >= 4 is 5.78 Å². The van der Waals surface area contributed by atoms with Crippen LogP contribution in [-0.4, -0.2) is 15.9 Å². The number of carbonyl (C=O) groups excluding carboxylic acids is 1. The lowest BCUT2D eigenvalue weighted by Gasteiger charge is -2.27. The second-order valence-electron chi connectivity index (χ2n) is 5.42. The maximum atomic E-state index is 13.0.